The summed E-state index contributed by atoms with van der Waals surface area (Å²) >= 11 is 1.26. The lowest BCUT2D eigenvalue weighted by Gasteiger charge is -2.08. The maximum absolute atomic E-state index is 10.9. The first kappa shape index (κ1) is 14.6. The number of nitrogens with two attached hydrogens (primary N) is 1. The van der Waals surface area contributed by atoms with Crippen molar-refractivity contribution in [3.05, 3.63) is 18.4 Å². The average molecular weight is 296 g/mol. The van der Waals surface area contributed by atoms with Crippen molar-refractivity contribution in [2.24, 2.45) is 5.73 Å². The third-order valence-corrected chi connectivity index (χ3v) is 3.52. The molecule has 7 nitrogen and oxygen atoms in total. The van der Waals surface area contributed by atoms with Crippen LogP contribution < -0.4 is 5.73 Å². The van der Waals surface area contributed by atoms with Gasteiger partial charge in [0.2, 0.25) is 5.91 Å². The minimum atomic E-state index is -0.388. The Balaban J connectivity index is 2.20. The van der Waals surface area contributed by atoms with E-state index >= 15 is 0 Å². The van der Waals surface area contributed by atoms with Crippen molar-refractivity contribution in [1.82, 2.24) is 14.8 Å². The molecule has 0 aromatic carbocycles. The van der Waals surface area contributed by atoms with Gasteiger partial charge >= 0.3 is 0 Å². The number of hydrogen-bond acceptors (Lipinski definition) is 6. The van der Waals surface area contributed by atoms with Gasteiger partial charge in [0.05, 0.1) is 12.0 Å². The Hall–Kier alpha value is -1.80. The predicted octanol–water partition coefficient (Wildman–Crippen LogP) is 1.15. The van der Waals surface area contributed by atoms with E-state index in [4.69, 9.17) is 14.9 Å². The standard InChI is InChI=1S/C12H16N4O3S/c1-18-6-3-5-16-11(9-4-2-7-19-9)14-15-12(16)20-8-10(13)17/h2,4,7H,3,5-6,8H2,1H3,(H2,13,17). The Morgan fingerprint density at radius 3 is 3.05 bits per heavy atom. The molecule has 2 N–H and O–H groups in total. The molecule has 2 aromatic heterocycles. The first-order valence-electron chi connectivity index (χ1n) is 6.09. The number of aromatic nitrogens is 3. The number of carbonyl (C=O) groups is 1. The van der Waals surface area contributed by atoms with E-state index in [2.05, 4.69) is 10.2 Å². The smallest absolute Gasteiger partial charge is 0.227 e. The topological polar surface area (TPSA) is 96.2 Å². The molecule has 0 saturated carbocycles. The van der Waals surface area contributed by atoms with Crippen molar-refractivity contribution >= 4 is 17.7 Å². The lowest BCUT2D eigenvalue weighted by molar-refractivity contribution is -0.115. The first-order chi connectivity index (χ1) is 9.72. The Morgan fingerprint density at radius 1 is 1.55 bits per heavy atom. The molecule has 2 aromatic rings. The van der Waals surface area contributed by atoms with Gasteiger partial charge in [-0.15, -0.1) is 10.2 Å². The van der Waals surface area contributed by atoms with Gasteiger partial charge in [-0.25, -0.2) is 0 Å². The number of nitrogens with zero attached hydrogens (tertiary/aromatic N) is 3. The summed E-state index contributed by atoms with van der Waals surface area (Å²) in [5.74, 6) is 1.06. The zero-order valence-corrected chi connectivity index (χ0v) is 11.9. The number of rotatable bonds is 8. The van der Waals surface area contributed by atoms with E-state index < -0.39 is 0 Å². The zero-order chi connectivity index (χ0) is 14.4. The molecule has 20 heavy (non-hydrogen) atoms. The second kappa shape index (κ2) is 7.11. The van der Waals surface area contributed by atoms with Gasteiger partial charge in [0.1, 0.15) is 0 Å². The van der Waals surface area contributed by atoms with Crippen LogP contribution in [0.1, 0.15) is 6.42 Å². The highest BCUT2D eigenvalue weighted by Gasteiger charge is 2.16. The predicted molar refractivity (Wildman–Crippen MR) is 74.1 cm³/mol. The van der Waals surface area contributed by atoms with Crippen molar-refractivity contribution in [1.29, 1.82) is 0 Å². The minimum Gasteiger partial charge on any atom is -0.461 e. The molecule has 0 bridgehead atoms. The summed E-state index contributed by atoms with van der Waals surface area (Å²) in [7, 11) is 1.66. The summed E-state index contributed by atoms with van der Waals surface area (Å²) < 4.78 is 12.3. The fourth-order valence-corrected chi connectivity index (χ4v) is 2.39. The van der Waals surface area contributed by atoms with Crippen LogP contribution in [0, 0.1) is 0 Å². The van der Waals surface area contributed by atoms with Gasteiger partial charge in [-0.1, -0.05) is 11.8 Å². The lowest BCUT2D eigenvalue weighted by Crippen LogP contribution is -2.14. The monoisotopic (exact) mass is 296 g/mol. The molecule has 108 valence electrons. The Morgan fingerprint density at radius 2 is 2.40 bits per heavy atom. The van der Waals surface area contributed by atoms with Crippen LogP contribution in [0.3, 0.4) is 0 Å². The number of methoxy groups -OCH3 is 1. The number of furan rings is 1. The Bertz CT molecular complexity index is 553. The van der Waals surface area contributed by atoms with Crippen LogP contribution in [-0.2, 0) is 16.1 Å². The van der Waals surface area contributed by atoms with Crippen LogP contribution in [0.4, 0.5) is 0 Å². The molecule has 0 atom stereocenters. The van der Waals surface area contributed by atoms with Crippen molar-refractivity contribution in [3.63, 3.8) is 0 Å². The highest BCUT2D eigenvalue weighted by molar-refractivity contribution is 7.99. The van der Waals surface area contributed by atoms with Crippen LogP contribution in [0.5, 0.6) is 0 Å². The largest absolute Gasteiger partial charge is 0.461 e. The highest BCUT2D eigenvalue weighted by Crippen LogP contribution is 2.24. The maximum Gasteiger partial charge on any atom is 0.227 e. The Kier molecular flexibility index (Phi) is 5.19. The van der Waals surface area contributed by atoms with Crippen LogP contribution in [-0.4, -0.2) is 40.1 Å². The number of hydrogen-bond donors (Lipinski definition) is 1. The summed E-state index contributed by atoms with van der Waals surface area (Å²) in [4.78, 5) is 10.9. The number of thioether (sulfide) groups is 1. The summed E-state index contributed by atoms with van der Waals surface area (Å²) in [5, 5.41) is 8.86. The van der Waals surface area contributed by atoms with Crippen molar-refractivity contribution < 1.29 is 13.9 Å². The van der Waals surface area contributed by atoms with E-state index in [0.717, 1.165) is 6.42 Å². The Labute approximate surface area is 120 Å². The van der Waals surface area contributed by atoms with Gasteiger partial charge in [-0.2, -0.15) is 0 Å². The van der Waals surface area contributed by atoms with Gasteiger partial charge in [-0.05, 0) is 18.6 Å². The van der Waals surface area contributed by atoms with E-state index in [1.807, 2.05) is 10.6 Å². The fraction of sp³-hybridized carbons (Fsp3) is 0.417. The third kappa shape index (κ3) is 3.61. The molecule has 8 heteroatoms. The van der Waals surface area contributed by atoms with Gasteiger partial charge in [-0.3, -0.25) is 9.36 Å². The third-order valence-electron chi connectivity index (χ3n) is 2.53. The van der Waals surface area contributed by atoms with E-state index in [-0.39, 0.29) is 11.7 Å². The molecule has 0 aliphatic heterocycles. The second-order valence-electron chi connectivity index (χ2n) is 4.04. The molecule has 2 heterocycles. The second-order valence-corrected chi connectivity index (χ2v) is 4.98. The molecular formula is C12H16N4O3S. The number of ether oxygens (including phenoxy) is 1. The SMILES string of the molecule is COCCCn1c(SCC(N)=O)nnc1-c1ccco1. The number of carbonyl (C=O) groups excluding carboxylic acids is 1. The molecule has 1 amide bonds. The minimum absolute atomic E-state index is 0.167. The fourth-order valence-electron chi connectivity index (χ4n) is 1.69. The average Bonchev–Trinajstić information content (AvgIpc) is 3.05. The van der Waals surface area contributed by atoms with Crippen molar-refractivity contribution in [2.45, 2.75) is 18.1 Å². The summed E-state index contributed by atoms with van der Waals surface area (Å²) in [6.07, 6.45) is 2.39. The van der Waals surface area contributed by atoms with E-state index in [0.29, 0.717) is 29.9 Å². The zero-order valence-electron chi connectivity index (χ0n) is 11.1. The molecular weight excluding hydrogens is 280 g/mol. The first-order valence-corrected chi connectivity index (χ1v) is 7.08. The molecule has 0 spiro atoms. The summed E-state index contributed by atoms with van der Waals surface area (Å²) in [6, 6.07) is 3.61. The van der Waals surface area contributed by atoms with Crippen LogP contribution in [0.2, 0.25) is 0 Å². The van der Waals surface area contributed by atoms with Crippen LogP contribution >= 0.6 is 11.8 Å². The van der Waals surface area contributed by atoms with E-state index in [1.54, 1.807) is 19.4 Å². The molecule has 0 fully saturated rings. The van der Waals surface area contributed by atoms with Gasteiger partial charge in [0, 0.05) is 20.3 Å². The van der Waals surface area contributed by atoms with Crippen LogP contribution in [0.15, 0.2) is 28.0 Å². The van der Waals surface area contributed by atoms with Crippen molar-refractivity contribution in [2.75, 3.05) is 19.5 Å². The normalized spacial score (nSPS) is 10.8. The quantitative estimate of drug-likeness (QED) is 0.580. The molecule has 0 radical (unpaired) electrons. The summed E-state index contributed by atoms with van der Waals surface area (Å²) in [5.41, 5.74) is 5.16. The number of primary amides is 1. The van der Waals surface area contributed by atoms with E-state index in [9.17, 15) is 4.79 Å². The van der Waals surface area contributed by atoms with E-state index in [1.165, 1.54) is 11.8 Å². The van der Waals surface area contributed by atoms with Gasteiger partial charge < -0.3 is 14.9 Å². The highest BCUT2D eigenvalue weighted by atomic mass is 32.2. The molecule has 0 aliphatic rings. The molecule has 2 rings (SSSR count). The molecule has 0 saturated heterocycles. The van der Waals surface area contributed by atoms with Crippen LogP contribution in [0.25, 0.3) is 11.6 Å². The lowest BCUT2D eigenvalue weighted by atomic mass is 10.4. The maximum atomic E-state index is 10.9. The van der Waals surface area contributed by atoms with Gasteiger partial charge in [0.15, 0.2) is 16.7 Å². The summed E-state index contributed by atoms with van der Waals surface area (Å²) in [6.45, 7) is 1.31. The van der Waals surface area contributed by atoms with Gasteiger partial charge in [0.25, 0.3) is 0 Å². The molecule has 0 unspecified atom stereocenters. The number of amides is 1. The molecule has 0 aliphatic carbocycles. The van der Waals surface area contributed by atoms with Crippen molar-refractivity contribution in [3.8, 4) is 11.6 Å².